The summed E-state index contributed by atoms with van der Waals surface area (Å²) >= 11 is 0. The van der Waals surface area contributed by atoms with Crippen LogP contribution in [0.2, 0.25) is 0 Å². The van der Waals surface area contributed by atoms with Crippen molar-refractivity contribution in [2.75, 3.05) is 29.9 Å². The molecule has 6 nitrogen and oxygen atoms in total. The van der Waals surface area contributed by atoms with Crippen LogP contribution in [0.15, 0.2) is 54.6 Å². The van der Waals surface area contributed by atoms with Crippen LogP contribution in [-0.2, 0) is 9.59 Å². The molecule has 2 aliphatic rings. The minimum Gasteiger partial charge on any atom is -0.477 e. The first kappa shape index (κ1) is 20.3. The quantitative estimate of drug-likeness (QED) is 0.826. The lowest BCUT2D eigenvalue weighted by molar-refractivity contribution is -0.127. The van der Waals surface area contributed by atoms with Crippen LogP contribution in [0.4, 0.5) is 11.4 Å². The zero-order chi connectivity index (χ0) is 20.9. The molecule has 2 aromatic carbocycles. The van der Waals surface area contributed by atoms with Crippen molar-refractivity contribution >= 4 is 23.2 Å². The molecule has 0 radical (unpaired) electrons. The lowest BCUT2D eigenvalue weighted by Gasteiger charge is -2.39. The molecular weight excluding hydrogens is 378 g/mol. The Kier molecular flexibility index (Phi) is 6.21. The molecule has 1 unspecified atom stereocenters. The third-order valence-corrected chi connectivity index (χ3v) is 5.97. The number of benzene rings is 2. The minimum absolute atomic E-state index is 0.0560. The van der Waals surface area contributed by atoms with Crippen molar-refractivity contribution in [1.82, 2.24) is 5.32 Å². The molecule has 1 fully saturated rings. The average Bonchev–Trinajstić information content (AvgIpc) is 2.80. The highest BCUT2D eigenvalue weighted by Gasteiger charge is 2.33. The standard InChI is InChI=1S/C24H29N3O3/c1-25-24(29)22-16-26(20-14-8-9-15-21(20)30-22)17-23(28)27(18-10-4-2-5-11-18)19-12-6-3-7-13-19/h2,4-5,8-11,14-15,19,22H,3,6-7,12-13,16-17H2,1H3,(H,25,29). The highest BCUT2D eigenvalue weighted by atomic mass is 16.5. The molecule has 0 bridgehead atoms. The molecule has 1 aliphatic heterocycles. The summed E-state index contributed by atoms with van der Waals surface area (Å²) in [6, 6.07) is 17.8. The van der Waals surface area contributed by atoms with Crippen LogP contribution in [0.3, 0.4) is 0 Å². The van der Waals surface area contributed by atoms with Gasteiger partial charge in [-0.2, -0.15) is 0 Å². The predicted molar refractivity (Wildman–Crippen MR) is 118 cm³/mol. The zero-order valence-corrected chi connectivity index (χ0v) is 17.4. The Bertz CT molecular complexity index is 880. The number of fused-ring (bicyclic) bond motifs is 1. The molecule has 0 saturated heterocycles. The van der Waals surface area contributed by atoms with Crippen LogP contribution in [-0.4, -0.2) is 44.1 Å². The van der Waals surface area contributed by atoms with Crippen LogP contribution in [0.5, 0.6) is 5.75 Å². The Balaban J connectivity index is 1.60. The molecular formula is C24H29N3O3. The van der Waals surface area contributed by atoms with Crippen LogP contribution in [0.25, 0.3) is 0 Å². The molecule has 1 aliphatic carbocycles. The molecule has 0 aromatic heterocycles. The summed E-state index contributed by atoms with van der Waals surface area (Å²) in [5.41, 5.74) is 1.79. The molecule has 158 valence electrons. The first-order valence-corrected chi connectivity index (χ1v) is 10.8. The van der Waals surface area contributed by atoms with E-state index in [0.717, 1.165) is 37.1 Å². The van der Waals surface area contributed by atoms with E-state index in [4.69, 9.17) is 4.74 Å². The number of ether oxygens (including phenoxy) is 1. The Morgan fingerprint density at radius 1 is 1.03 bits per heavy atom. The van der Waals surface area contributed by atoms with E-state index < -0.39 is 6.10 Å². The summed E-state index contributed by atoms with van der Waals surface area (Å²) < 4.78 is 5.88. The summed E-state index contributed by atoms with van der Waals surface area (Å²) in [4.78, 5) is 29.8. The van der Waals surface area contributed by atoms with E-state index >= 15 is 0 Å². The smallest absolute Gasteiger partial charge is 0.262 e. The van der Waals surface area contributed by atoms with Gasteiger partial charge in [-0.05, 0) is 37.1 Å². The topological polar surface area (TPSA) is 61.9 Å². The van der Waals surface area contributed by atoms with Gasteiger partial charge in [0.1, 0.15) is 5.75 Å². The Morgan fingerprint density at radius 3 is 2.47 bits per heavy atom. The lowest BCUT2D eigenvalue weighted by atomic mass is 9.93. The molecule has 2 aromatic rings. The largest absolute Gasteiger partial charge is 0.477 e. The fraction of sp³-hybridized carbons (Fsp3) is 0.417. The lowest BCUT2D eigenvalue weighted by Crippen LogP contribution is -2.52. The summed E-state index contributed by atoms with van der Waals surface area (Å²) in [5.74, 6) is 0.503. The van der Waals surface area contributed by atoms with Crippen molar-refractivity contribution in [3.8, 4) is 5.75 Å². The summed E-state index contributed by atoms with van der Waals surface area (Å²) in [6.45, 7) is 0.551. The van der Waals surface area contributed by atoms with Crippen molar-refractivity contribution in [2.45, 2.75) is 44.2 Å². The number of anilines is 2. The van der Waals surface area contributed by atoms with Gasteiger partial charge in [-0.3, -0.25) is 9.59 Å². The van der Waals surface area contributed by atoms with Gasteiger partial charge in [-0.25, -0.2) is 0 Å². The van der Waals surface area contributed by atoms with Gasteiger partial charge in [0.15, 0.2) is 6.10 Å². The van der Waals surface area contributed by atoms with Gasteiger partial charge in [0.25, 0.3) is 5.91 Å². The van der Waals surface area contributed by atoms with Gasteiger partial charge in [-0.1, -0.05) is 49.6 Å². The second-order valence-electron chi connectivity index (χ2n) is 7.96. The van der Waals surface area contributed by atoms with Gasteiger partial charge in [0, 0.05) is 18.8 Å². The molecule has 1 N–H and O–H groups in total. The third kappa shape index (κ3) is 4.27. The second kappa shape index (κ2) is 9.20. The maximum absolute atomic E-state index is 13.6. The number of amides is 2. The number of nitrogens with one attached hydrogen (secondary N) is 1. The zero-order valence-electron chi connectivity index (χ0n) is 17.4. The van der Waals surface area contributed by atoms with Crippen molar-refractivity contribution in [1.29, 1.82) is 0 Å². The van der Waals surface area contributed by atoms with E-state index in [-0.39, 0.29) is 24.4 Å². The van der Waals surface area contributed by atoms with Gasteiger partial charge in [0.05, 0.1) is 18.8 Å². The van der Waals surface area contributed by atoms with Crippen molar-refractivity contribution < 1.29 is 14.3 Å². The van der Waals surface area contributed by atoms with Gasteiger partial charge in [-0.15, -0.1) is 0 Å². The van der Waals surface area contributed by atoms with E-state index in [2.05, 4.69) is 5.32 Å². The third-order valence-electron chi connectivity index (χ3n) is 5.97. The van der Waals surface area contributed by atoms with E-state index in [1.54, 1.807) is 7.05 Å². The molecule has 4 rings (SSSR count). The molecule has 1 saturated carbocycles. The molecule has 1 atom stereocenters. The number of likely N-dealkylation sites (N-methyl/N-ethyl adjacent to an activating group) is 1. The van der Waals surface area contributed by atoms with Gasteiger partial charge >= 0.3 is 0 Å². The minimum atomic E-state index is -0.641. The maximum atomic E-state index is 13.6. The van der Waals surface area contributed by atoms with Crippen molar-refractivity contribution in [3.05, 3.63) is 54.6 Å². The van der Waals surface area contributed by atoms with E-state index in [1.807, 2.05) is 64.4 Å². The number of para-hydroxylation sites is 3. The molecule has 1 heterocycles. The van der Waals surface area contributed by atoms with Crippen LogP contribution < -0.4 is 19.9 Å². The molecule has 30 heavy (non-hydrogen) atoms. The molecule has 2 amide bonds. The first-order chi connectivity index (χ1) is 14.7. The van der Waals surface area contributed by atoms with E-state index in [0.29, 0.717) is 12.3 Å². The highest BCUT2D eigenvalue weighted by molar-refractivity contribution is 5.97. The number of rotatable bonds is 5. The Hall–Kier alpha value is -3.02. The first-order valence-electron chi connectivity index (χ1n) is 10.8. The summed E-state index contributed by atoms with van der Waals surface area (Å²) in [6.07, 6.45) is 4.96. The molecule has 0 spiro atoms. The number of hydrogen-bond donors (Lipinski definition) is 1. The van der Waals surface area contributed by atoms with E-state index in [9.17, 15) is 9.59 Å². The monoisotopic (exact) mass is 407 g/mol. The van der Waals surface area contributed by atoms with Crippen LogP contribution in [0.1, 0.15) is 32.1 Å². The summed E-state index contributed by atoms with van der Waals surface area (Å²) in [7, 11) is 1.60. The fourth-order valence-corrected chi connectivity index (χ4v) is 4.48. The number of carbonyl (C=O) groups is 2. The highest BCUT2D eigenvalue weighted by Crippen LogP contribution is 2.34. The Morgan fingerprint density at radius 2 is 1.73 bits per heavy atom. The van der Waals surface area contributed by atoms with Crippen molar-refractivity contribution in [2.24, 2.45) is 0 Å². The number of carbonyl (C=O) groups excluding carboxylic acids is 2. The second-order valence-corrected chi connectivity index (χ2v) is 7.96. The fourth-order valence-electron chi connectivity index (χ4n) is 4.48. The SMILES string of the molecule is CNC(=O)C1CN(CC(=O)N(c2ccccc2)C2CCCCC2)c2ccccc2O1. The van der Waals surface area contributed by atoms with Crippen LogP contribution in [0, 0.1) is 0 Å². The Labute approximate surface area is 177 Å². The number of hydrogen-bond acceptors (Lipinski definition) is 4. The average molecular weight is 408 g/mol. The van der Waals surface area contributed by atoms with Gasteiger partial charge < -0.3 is 19.9 Å². The van der Waals surface area contributed by atoms with E-state index in [1.165, 1.54) is 6.42 Å². The van der Waals surface area contributed by atoms with Crippen LogP contribution >= 0.6 is 0 Å². The maximum Gasteiger partial charge on any atom is 0.262 e. The number of nitrogens with zero attached hydrogens (tertiary/aromatic N) is 2. The summed E-state index contributed by atoms with van der Waals surface area (Å²) in [5, 5.41) is 2.65. The molecule has 6 heteroatoms. The normalized spacial score (nSPS) is 18.8. The predicted octanol–water partition coefficient (Wildman–Crippen LogP) is 3.37. The van der Waals surface area contributed by atoms with Gasteiger partial charge in [0.2, 0.25) is 5.91 Å². The van der Waals surface area contributed by atoms with Crippen molar-refractivity contribution in [3.63, 3.8) is 0 Å².